The van der Waals surface area contributed by atoms with Crippen molar-refractivity contribution in [2.75, 3.05) is 19.6 Å². The summed E-state index contributed by atoms with van der Waals surface area (Å²) in [6.45, 7) is 0.491. The molecule has 4 aromatic rings. The molecule has 0 bridgehead atoms. The molecule has 12 amide bonds. The van der Waals surface area contributed by atoms with Gasteiger partial charge in [-0.15, -0.1) is 0 Å². The summed E-state index contributed by atoms with van der Waals surface area (Å²) in [5, 5.41) is 56.5. The number of carboxylic acid groups (broad SMARTS) is 3. The number of carbonyl (C=O) groups is 19. The fourth-order valence-electron chi connectivity index (χ4n) is 12.5. The Bertz CT molecular complexity index is 4150. The molecule has 36 nitrogen and oxygen atoms in total. The highest BCUT2D eigenvalue weighted by Crippen LogP contribution is 2.30. The molecule has 10 rings (SSSR count). The van der Waals surface area contributed by atoms with Crippen LogP contribution in [0.3, 0.4) is 0 Å². The lowest BCUT2D eigenvalue weighted by molar-refractivity contribution is -0.176. The van der Waals surface area contributed by atoms with E-state index in [0.717, 1.165) is 54.3 Å². The first-order valence-corrected chi connectivity index (χ1v) is 34.5. The number of benzene rings is 4. The molecule has 584 valence electrons. The molecule has 10 N–H and O–H groups in total. The zero-order valence-corrected chi connectivity index (χ0v) is 58.6. The molecule has 40 heteroatoms. The van der Waals surface area contributed by atoms with E-state index >= 15 is 0 Å². The number of phenolic OH excluding ortho intramolecular Hbond substituents is 1. The van der Waals surface area contributed by atoms with Gasteiger partial charge in [0.1, 0.15) is 72.4 Å². The van der Waals surface area contributed by atoms with Crippen molar-refractivity contribution in [1.82, 2.24) is 62.0 Å². The number of aromatic hydroxyl groups is 1. The summed E-state index contributed by atoms with van der Waals surface area (Å²) in [7, 11) is 0. The topological polar surface area (TPSA) is 506 Å². The van der Waals surface area contributed by atoms with Gasteiger partial charge in [-0.3, -0.25) is 86.9 Å². The number of aliphatic carboxylic acids is 3. The second-order valence-corrected chi connectivity index (χ2v) is 25.9. The number of amides is 12. The van der Waals surface area contributed by atoms with Gasteiger partial charge in [0.05, 0.1) is 48.0 Å². The lowest BCUT2D eigenvalue weighted by Gasteiger charge is -2.43. The Labute approximate surface area is 625 Å². The van der Waals surface area contributed by atoms with Gasteiger partial charge in [0.25, 0.3) is 35.4 Å². The van der Waals surface area contributed by atoms with Gasteiger partial charge in [-0.2, -0.15) is 0 Å². The second-order valence-electron chi connectivity index (χ2n) is 25.5. The number of hydrazine groups is 3. The van der Waals surface area contributed by atoms with Crippen molar-refractivity contribution in [3.8, 4) is 11.5 Å². The minimum atomic E-state index is -1.33. The van der Waals surface area contributed by atoms with Crippen LogP contribution in [0, 0.1) is 17.5 Å². The highest BCUT2D eigenvalue weighted by Gasteiger charge is 2.49. The molecule has 0 spiro atoms. The van der Waals surface area contributed by atoms with E-state index in [0.29, 0.717) is 25.3 Å². The number of halogens is 4. The maximum absolute atomic E-state index is 13.6. The third-order valence-corrected chi connectivity index (χ3v) is 18.2. The molecule has 6 fully saturated rings. The van der Waals surface area contributed by atoms with Crippen molar-refractivity contribution in [2.45, 2.75) is 151 Å². The van der Waals surface area contributed by atoms with Gasteiger partial charge in [0, 0.05) is 55.6 Å². The van der Waals surface area contributed by atoms with Crippen LogP contribution in [0.1, 0.15) is 138 Å². The SMILES string of the molecule is O=CC(CC(=O)O)NC(=O)C1CCCN2C(=O)CCC(NC(=O)c3ccc(F)c(F)c3)C(=O)N12.O=C[C@H](CC(=O)O)NC(=O)[C@@H]1CCCN2C(=O)CC[C@H](NC(=O)c3ccc(F)c(Cl)c3)C(=O)N12.O=C[C@H](CC(=O)O)NC(=O)[C@@H]1CCCN2C(=O)CC[C@H](NC(=O)c3ccc(OC(=O)c4ccc(O)cc4)cc3)C(=O)N12. The highest BCUT2D eigenvalue weighted by molar-refractivity contribution is 6.31. The van der Waals surface area contributed by atoms with Crippen molar-refractivity contribution >= 4 is 125 Å². The summed E-state index contributed by atoms with van der Waals surface area (Å²) in [6, 6.07) is 5.63. The zero-order valence-electron chi connectivity index (χ0n) is 57.9. The number of phenols is 1. The van der Waals surface area contributed by atoms with Crippen LogP contribution in [-0.4, -0.2) is 238 Å². The average molecular weight is 1560 g/mol. The molecule has 4 aromatic carbocycles. The van der Waals surface area contributed by atoms with Crippen LogP contribution in [0.5, 0.6) is 11.5 Å². The summed E-state index contributed by atoms with van der Waals surface area (Å²) >= 11 is 5.72. The van der Waals surface area contributed by atoms with Gasteiger partial charge in [-0.1, -0.05) is 11.6 Å². The van der Waals surface area contributed by atoms with Crippen LogP contribution >= 0.6 is 11.6 Å². The van der Waals surface area contributed by atoms with E-state index in [-0.39, 0.29) is 135 Å². The second kappa shape index (κ2) is 37.7. The van der Waals surface area contributed by atoms with E-state index in [2.05, 4.69) is 31.9 Å². The number of rotatable bonds is 23. The van der Waals surface area contributed by atoms with Gasteiger partial charge in [0.2, 0.25) is 35.4 Å². The molecule has 6 aliphatic rings. The van der Waals surface area contributed by atoms with Crippen molar-refractivity contribution < 1.29 is 129 Å². The number of hydrogen-bond donors (Lipinski definition) is 10. The standard InChI is InChI=1S/C28H28N4O10.C21H22ClFN4O7.C21H22F2N4O7/c33-15-18(14-24(36)37)29-26(39)22-2-1-13-31-23(35)12-11-21(27(40)32(22)31)30-25(38)16-5-9-20(10-6-16)42-28(41)17-3-7-19(34)8-4-17;22-13-8-11(3-4-14(13)23)19(32)25-15-5-6-17(29)26-7-1-2-16(27(26)21(15)34)20(33)24-12(10-28)9-18(30)31;22-13-4-3-11(8-14(13)23)19(32)25-15-5-6-17(29)26-7-1-2-16(27(26)21(15)34)20(33)24-12(10-28)9-18(30)31/h3-10,15,18,21-22,34H,1-2,11-14H2,(H,29,39)(H,30,38)(H,36,37);2*3-4,8,10,12,15-16H,1-2,5-7,9H2,(H,24,33)(H,25,32)(H,30,31)/t18-,21-,22-;12-,15-,16-;/m00./s1. The van der Waals surface area contributed by atoms with Crippen molar-refractivity contribution in [3.63, 3.8) is 0 Å². The van der Waals surface area contributed by atoms with Crippen LogP contribution in [0.2, 0.25) is 5.02 Å². The smallest absolute Gasteiger partial charge is 0.343 e. The largest absolute Gasteiger partial charge is 0.508 e. The minimum absolute atomic E-state index is 0.00191. The van der Waals surface area contributed by atoms with Crippen molar-refractivity contribution in [1.29, 1.82) is 0 Å². The molecule has 6 aliphatic heterocycles. The van der Waals surface area contributed by atoms with E-state index in [9.17, 15) is 109 Å². The molecule has 0 aromatic heterocycles. The summed E-state index contributed by atoms with van der Waals surface area (Å²) in [6.07, 6.45) is 0.0185. The van der Waals surface area contributed by atoms with Crippen molar-refractivity contribution in [2.24, 2.45) is 0 Å². The lowest BCUT2D eigenvalue weighted by atomic mass is 10.0. The Balaban J connectivity index is 0.000000209. The molecule has 3 unspecified atom stereocenters. The van der Waals surface area contributed by atoms with Gasteiger partial charge < -0.3 is 71.4 Å². The Morgan fingerprint density at radius 2 is 0.773 bits per heavy atom. The number of esters is 1. The molecule has 0 aliphatic carbocycles. The van der Waals surface area contributed by atoms with Crippen LogP contribution in [0.15, 0.2) is 84.9 Å². The monoisotopic (exact) mass is 1560 g/mol. The van der Waals surface area contributed by atoms with E-state index in [1.165, 1.54) is 54.6 Å². The number of carbonyl (C=O) groups excluding carboxylic acids is 16. The first-order valence-electron chi connectivity index (χ1n) is 34.1. The number of carboxylic acids is 3. The molecule has 0 saturated carbocycles. The lowest BCUT2D eigenvalue weighted by Crippen LogP contribution is -2.64. The van der Waals surface area contributed by atoms with Gasteiger partial charge in [-0.25, -0.2) is 33.0 Å². The molecule has 9 atom stereocenters. The number of aldehydes is 3. The number of fused-ring (bicyclic) bond motifs is 3. The van der Waals surface area contributed by atoms with E-state index in [4.69, 9.17) is 31.7 Å². The van der Waals surface area contributed by atoms with Crippen LogP contribution < -0.4 is 36.6 Å². The molecule has 110 heavy (non-hydrogen) atoms. The summed E-state index contributed by atoms with van der Waals surface area (Å²) in [5.74, 6) is -15.7. The fraction of sp³-hybridized carbons (Fsp3) is 0.386. The third kappa shape index (κ3) is 21.1. The zero-order chi connectivity index (χ0) is 80.4. The number of nitrogens with one attached hydrogen (secondary N) is 6. The maximum atomic E-state index is 13.6. The predicted molar refractivity (Wildman–Crippen MR) is 364 cm³/mol. The minimum Gasteiger partial charge on any atom is -0.508 e. The summed E-state index contributed by atoms with van der Waals surface area (Å²) < 4.78 is 45.3. The molecule has 6 saturated heterocycles. The Morgan fingerprint density at radius 3 is 1.11 bits per heavy atom. The molecular formula is C70H72ClF3N12O24. The van der Waals surface area contributed by atoms with Crippen LogP contribution in [0.25, 0.3) is 0 Å². The quantitative estimate of drug-likeness (QED) is 0.0273. The summed E-state index contributed by atoms with van der Waals surface area (Å²) in [4.78, 5) is 234. The van der Waals surface area contributed by atoms with E-state index in [1.807, 2.05) is 0 Å². The Hall–Kier alpha value is -12.7. The van der Waals surface area contributed by atoms with Gasteiger partial charge in [-0.05, 0) is 143 Å². The number of nitrogens with zero attached hydrogens (tertiary/aromatic N) is 6. The van der Waals surface area contributed by atoms with E-state index < -0.39 is 186 Å². The highest BCUT2D eigenvalue weighted by atomic mass is 35.5. The molecule has 0 radical (unpaired) electrons. The normalized spacial score (nSPS) is 20.4. The maximum Gasteiger partial charge on any atom is 0.343 e. The third-order valence-electron chi connectivity index (χ3n) is 17.9. The first kappa shape index (κ1) is 82.9. The van der Waals surface area contributed by atoms with Crippen molar-refractivity contribution in [3.05, 3.63) is 130 Å². The van der Waals surface area contributed by atoms with Gasteiger partial charge in [0.15, 0.2) is 11.6 Å². The van der Waals surface area contributed by atoms with Gasteiger partial charge >= 0.3 is 23.9 Å². The first-order chi connectivity index (χ1) is 52.3. The average Bonchev–Trinajstić information content (AvgIpc) is 1.64. The molecule has 6 heterocycles. The Morgan fingerprint density at radius 1 is 0.445 bits per heavy atom. The van der Waals surface area contributed by atoms with Crippen LogP contribution in [-0.2, 0) is 71.9 Å². The number of hydrogen-bond acceptors (Lipinski definition) is 21. The number of ether oxygens (including phenoxy) is 1. The van der Waals surface area contributed by atoms with Crippen LogP contribution in [0.4, 0.5) is 13.2 Å². The Kier molecular flexibility index (Phi) is 28.4. The predicted octanol–water partition coefficient (Wildman–Crippen LogP) is 0.411. The fourth-order valence-corrected chi connectivity index (χ4v) is 12.6. The van der Waals surface area contributed by atoms with E-state index in [1.54, 1.807) is 0 Å². The summed E-state index contributed by atoms with van der Waals surface area (Å²) in [5.41, 5.74) is 0.102. The molecular weight excluding hydrogens is 1490 g/mol.